The fraction of sp³-hybridized carbons (Fsp3) is 0.643. The second kappa shape index (κ2) is 12.2. The Hall–Kier alpha value is -1.58. The van der Waals surface area contributed by atoms with Crippen molar-refractivity contribution in [1.82, 2.24) is 0 Å². The average Bonchev–Trinajstić information content (AvgIpc) is 2.63. The van der Waals surface area contributed by atoms with E-state index in [-0.39, 0.29) is 27.9 Å². The predicted molar refractivity (Wildman–Crippen MR) is 133 cm³/mol. The first-order chi connectivity index (χ1) is 14.5. The van der Waals surface area contributed by atoms with E-state index < -0.39 is 11.9 Å². The van der Waals surface area contributed by atoms with Crippen LogP contribution in [0.25, 0.3) is 0 Å². The quantitative estimate of drug-likeness (QED) is 0.384. The first kappa shape index (κ1) is 31.4. The Kier molecular flexibility index (Phi) is 11.6. The summed E-state index contributed by atoms with van der Waals surface area (Å²) in [4.78, 5) is 22.5. The predicted octanol–water partition coefficient (Wildman–Crippen LogP) is 7.58. The first-order valence-corrected chi connectivity index (χ1v) is 11.8. The minimum Gasteiger partial charge on any atom is -0.478 e. The molecule has 0 spiro atoms. The van der Waals surface area contributed by atoms with Gasteiger partial charge in [-0.15, -0.1) is 0 Å². The summed E-state index contributed by atoms with van der Waals surface area (Å²) >= 11 is 0. The molecule has 0 bridgehead atoms. The fourth-order valence-corrected chi connectivity index (χ4v) is 4.59. The van der Waals surface area contributed by atoms with Crippen molar-refractivity contribution < 1.29 is 36.9 Å². The molecule has 0 saturated heterocycles. The van der Waals surface area contributed by atoms with Crippen molar-refractivity contribution in [3.8, 4) is 0 Å². The number of carbonyl (C=O) groups is 2. The molecule has 0 heterocycles. The van der Waals surface area contributed by atoms with Crippen LogP contribution in [0.15, 0.2) is 45.6 Å². The molecule has 0 aromatic heterocycles. The molecule has 33 heavy (non-hydrogen) atoms. The molecule has 2 aliphatic carbocycles. The van der Waals surface area contributed by atoms with Gasteiger partial charge in [0.05, 0.1) is 0 Å². The molecule has 2 atom stereocenters. The second-order valence-corrected chi connectivity index (χ2v) is 11.2. The van der Waals surface area contributed by atoms with Crippen LogP contribution in [-0.2, 0) is 26.7 Å². The van der Waals surface area contributed by atoms with Crippen molar-refractivity contribution in [2.45, 2.75) is 94.9 Å². The van der Waals surface area contributed by atoms with Crippen molar-refractivity contribution in [3.63, 3.8) is 0 Å². The Morgan fingerprint density at radius 1 is 0.727 bits per heavy atom. The van der Waals surface area contributed by atoms with E-state index in [0.717, 1.165) is 35.1 Å². The molecule has 2 aliphatic rings. The van der Waals surface area contributed by atoms with Gasteiger partial charge in [0, 0.05) is 28.2 Å². The minimum absolute atomic E-state index is 0. The number of hydrogen-bond acceptors (Lipinski definition) is 2. The molecule has 0 aliphatic heterocycles. The van der Waals surface area contributed by atoms with Crippen molar-refractivity contribution in [3.05, 3.63) is 45.6 Å². The minimum atomic E-state index is -0.757. The molecule has 0 fully saturated rings. The van der Waals surface area contributed by atoms with Crippen LogP contribution in [0.1, 0.15) is 94.9 Å². The zero-order chi connectivity index (χ0) is 25.0. The summed E-state index contributed by atoms with van der Waals surface area (Å²) in [5.74, 6) is -0.456. The van der Waals surface area contributed by atoms with E-state index in [2.05, 4.69) is 41.5 Å². The molecule has 0 amide bonds. The molecule has 1 radical (unpaired) electrons. The molecule has 2 N–H and O–H groups in total. The van der Waals surface area contributed by atoms with Crippen LogP contribution in [0.4, 0.5) is 0 Å². The first-order valence-electron chi connectivity index (χ1n) is 11.8. The maximum absolute atomic E-state index is 11.3. The van der Waals surface area contributed by atoms with E-state index in [1.54, 1.807) is 0 Å². The van der Waals surface area contributed by atoms with E-state index in [0.29, 0.717) is 35.8 Å². The van der Waals surface area contributed by atoms with E-state index >= 15 is 0 Å². The van der Waals surface area contributed by atoms with Gasteiger partial charge in [0.2, 0.25) is 0 Å². The third kappa shape index (κ3) is 7.72. The Morgan fingerprint density at radius 2 is 1.00 bits per heavy atom. The average molecular weight is 508 g/mol. The van der Waals surface area contributed by atoms with Gasteiger partial charge < -0.3 is 10.2 Å². The van der Waals surface area contributed by atoms with Gasteiger partial charge in [-0.1, -0.05) is 64.8 Å². The number of rotatable bonds is 4. The van der Waals surface area contributed by atoms with Gasteiger partial charge in [-0.2, -0.15) is 0 Å². The van der Waals surface area contributed by atoms with Gasteiger partial charge in [0.15, 0.2) is 0 Å². The van der Waals surface area contributed by atoms with Gasteiger partial charge in [0.25, 0.3) is 0 Å². The second-order valence-electron chi connectivity index (χ2n) is 11.2. The third-order valence-electron chi connectivity index (χ3n) is 7.54. The Balaban J connectivity index is 0.000000602. The molecule has 5 heteroatoms. The van der Waals surface area contributed by atoms with Gasteiger partial charge in [-0.25, -0.2) is 9.59 Å². The zero-order valence-electron chi connectivity index (χ0n) is 22.2. The van der Waals surface area contributed by atoms with Crippen molar-refractivity contribution in [2.75, 3.05) is 0 Å². The van der Waals surface area contributed by atoms with Crippen LogP contribution in [0.2, 0.25) is 0 Å². The summed E-state index contributed by atoms with van der Waals surface area (Å²) in [6.07, 6.45) is 7.40. The normalized spacial score (nSPS) is 23.5. The number of carboxylic acids is 2. The fourth-order valence-electron chi connectivity index (χ4n) is 4.59. The van der Waals surface area contributed by atoms with Crippen LogP contribution < -0.4 is 0 Å². The van der Waals surface area contributed by atoms with Crippen LogP contribution in [0.5, 0.6) is 0 Å². The summed E-state index contributed by atoms with van der Waals surface area (Å²) in [6, 6.07) is 0. The van der Waals surface area contributed by atoms with Crippen LogP contribution in [-0.4, -0.2) is 22.2 Å². The van der Waals surface area contributed by atoms with Gasteiger partial charge in [0.1, 0.15) is 0 Å². The molecule has 2 unspecified atom stereocenters. The SMILES string of the molecule is CC(C)=CC1=C(C(=O)O)CCC(C)C1(C)C.CC(C)=CC1=C(C(=O)O)CCC(C)C1(C)C.[Cu]. The largest absolute Gasteiger partial charge is 0.478 e. The van der Waals surface area contributed by atoms with Crippen LogP contribution in [0.3, 0.4) is 0 Å². The number of hydrogen-bond donors (Lipinski definition) is 2. The molecule has 0 saturated carbocycles. The van der Waals surface area contributed by atoms with Crippen molar-refractivity contribution in [2.24, 2.45) is 22.7 Å². The molecular formula is C28H44CuO4. The molecule has 4 nitrogen and oxygen atoms in total. The van der Waals surface area contributed by atoms with E-state index in [9.17, 15) is 19.8 Å². The van der Waals surface area contributed by atoms with Crippen molar-refractivity contribution >= 4 is 11.9 Å². The maximum atomic E-state index is 11.3. The number of allylic oxidation sites excluding steroid dienone is 6. The zero-order valence-corrected chi connectivity index (χ0v) is 23.1. The summed E-state index contributed by atoms with van der Waals surface area (Å²) in [5.41, 5.74) is 5.48. The monoisotopic (exact) mass is 507 g/mol. The van der Waals surface area contributed by atoms with E-state index in [1.165, 1.54) is 0 Å². The topological polar surface area (TPSA) is 74.6 Å². The van der Waals surface area contributed by atoms with Crippen molar-refractivity contribution in [1.29, 1.82) is 0 Å². The Bertz CT molecular complexity index is 788. The Morgan fingerprint density at radius 3 is 1.21 bits per heavy atom. The summed E-state index contributed by atoms with van der Waals surface area (Å²) in [7, 11) is 0. The Labute approximate surface area is 211 Å². The third-order valence-corrected chi connectivity index (χ3v) is 7.54. The van der Waals surface area contributed by atoms with E-state index in [4.69, 9.17) is 0 Å². The molecule has 0 aromatic carbocycles. The van der Waals surface area contributed by atoms with Crippen LogP contribution >= 0.6 is 0 Å². The summed E-state index contributed by atoms with van der Waals surface area (Å²) in [5, 5.41) is 18.5. The number of aliphatic carboxylic acids is 2. The molecular weight excluding hydrogens is 464 g/mol. The van der Waals surface area contributed by atoms with Gasteiger partial charge in [-0.05, 0) is 87.2 Å². The molecule has 2 rings (SSSR count). The van der Waals surface area contributed by atoms with E-state index in [1.807, 2.05) is 39.8 Å². The van der Waals surface area contributed by atoms with Gasteiger partial charge in [-0.3, -0.25) is 0 Å². The molecule has 0 aromatic rings. The standard InChI is InChI=1S/2C14H22O2.Cu/c2*1-9(2)8-12-11(13(15)16)7-6-10(3)14(12,4)5;/h2*8,10H,6-7H2,1-5H3,(H,15,16);. The van der Waals surface area contributed by atoms with Gasteiger partial charge >= 0.3 is 11.9 Å². The maximum Gasteiger partial charge on any atom is 0.331 e. The smallest absolute Gasteiger partial charge is 0.331 e. The molecule has 191 valence electrons. The summed E-state index contributed by atoms with van der Waals surface area (Å²) in [6.45, 7) is 21.1. The number of carboxylic acid groups (broad SMARTS) is 2. The summed E-state index contributed by atoms with van der Waals surface area (Å²) < 4.78 is 0. The van der Waals surface area contributed by atoms with Crippen LogP contribution in [0, 0.1) is 22.7 Å².